The van der Waals surface area contributed by atoms with Crippen molar-refractivity contribution in [2.45, 2.75) is 227 Å². The van der Waals surface area contributed by atoms with Crippen LogP contribution in [-0.2, 0) is 47.7 Å². The lowest BCUT2D eigenvalue weighted by Crippen LogP contribution is -2.50. The maximum atomic E-state index is 12.9. The van der Waals surface area contributed by atoms with Crippen LogP contribution in [0.3, 0.4) is 0 Å². The van der Waals surface area contributed by atoms with E-state index in [9.17, 15) is 40.8 Å². The molecule has 460 valence electrons. The second-order valence-corrected chi connectivity index (χ2v) is 31.1. The molecule has 0 bridgehead atoms. The van der Waals surface area contributed by atoms with Gasteiger partial charge in [0.15, 0.2) is 0 Å². The van der Waals surface area contributed by atoms with Gasteiger partial charge in [-0.15, -0.1) is 0 Å². The Morgan fingerprint density at radius 2 is 0.857 bits per heavy atom. The Bertz CT molecular complexity index is 3050. The van der Waals surface area contributed by atoms with Crippen LogP contribution in [-0.4, -0.2) is 55.9 Å². The van der Waals surface area contributed by atoms with Gasteiger partial charge in [-0.05, 0) is 208 Å². The fourth-order valence-corrected chi connectivity index (χ4v) is 21.7. The SMILES string of the molecule is CC(=O)O[C@H]1CC[C@@]2(C)C(=CCC3C2CC[C@]2(C)C(=O)CCC32)C1.CC(=O)O[C@H]1CC[C@@]2(C)C(=CCC3C2CC[C@]2(C)C(OS(=O)(=O)C(F)(F)F)=CCC32)C1.CC(=O)O[C@H]1CC[C@@]2(C)C(=CCC3C2CC[C@]2(C)C(c4ccccc4)=CCC32)C1. The minimum atomic E-state index is -5.67. The summed E-state index contributed by atoms with van der Waals surface area (Å²) in [5.74, 6) is 4.88. The summed E-state index contributed by atoms with van der Waals surface area (Å²) in [7, 11) is -5.67. The number of hydrogen-bond acceptors (Lipinski definition) is 10. The summed E-state index contributed by atoms with van der Waals surface area (Å²) in [5, 5.41) is 0. The molecule has 18 atom stereocenters. The Morgan fingerprint density at radius 3 is 1.30 bits per heavy atom. The first-order valence-corrected chi connectivity index (χ1v) is 33.6. The number of hydrogen-bond donors (Lipinski definition) is 0. The van der Waals surface area contributed by atoms with Crippen LogP contribution in [0.5, 0.6) is 0 Å². The molecule has 9 unspecified atom stereocenters. The van der Waals surface area contributed by atoms with Crippen LogP contribution in [0.25, 0.3) is 5.57 Å². The predicted octanol–water partition coefficient (Wildman–Crippen LogP) is 16.3. The van der Waals surface area contributed by atoms with Crippen LogP contribution in [0.1, 0.15) is 209 Å². The van der Waals surface area contributed by atoms with Gasteiger partial charge in [0.25, 0.3) is 0 Å². The second kappa shape index (κ2) is 22.3. The smallest absolute Gasteiger partial charge is 0.462 e. The molecule has 0 aliphatic heterocycles. The molecule has 0 radical (unpaired) electrons. The van der Waals surface area contributed by atoms with E-state index in [0.29, 0.717) is 53.1 Å². The van der Waals surface area contributed by atoms with E-state index < -0.39 is 21.0 Å². The van der Waals surface area contributed by atoms with Crippen LogP contribution in [0, 0.1) is 85.8 Å². The lowest BCUT2D eigenvalue weighted by atomic mass is 9.47. The number of halogens is 3. The molecule has 0 heterocycles. The highest BCUT2D eigenvalue weighted by Crippen LogP contribution is 2.69. The van der Waals surface area contributed by atoms with E-state index in [1.54, 1.807) is 24.1 Å². The van der Waals surface area contributed by atoms with Gasteiger partial charge in [-0.3, -0.25) is 19.2 Å². The monoisotopic (exact) mass is 1180 g/mol. The molecule has 12 aliphatic rings. The van der Waals surface area contributed by atoms with Crippen molar-refractivity contribution < 1.29 is 59.2 Å². The molecule has 14 heteroatoms. The first kappa shape index (κ1) is 61.2. The van der Waals surface area contributed by atoms with E-state index in [2.05, 4.69) is 93.4 Å². The summed E-state index contributed by atoms with van der Waals surface area (Å²) in [6, 6.07) is 11.1. The van der Waals surface area contributed by atoms with Crippen molar-refractivity contribution in [2.24, 2.45) is 85.8 Å². The van der Waals surface area contributed by atoms with E-state index in [0.717, 1.165) is 108 Å². The first-order chi connectivity index (χ1) is 39.5. The largest absolute Gasteiger partial charge is 0.534 e. The normalized spacial score (nSPS) is 42.4. The molecule has 0 N–H and O–H groups in total. The molecule has 1 aromatic carbocycles. The van der Waals surface area contributed by atoms with Gasteiger partial charge in [-0.1, -0.05) is 113 Å². The topological polar surface area (TPSA) is 139 Å². The highest BCUT2D eigenvalue weighted by molar-refractivity contribution is 7.87. The Kier molecular flexibility index (Phi) is 16.2. The summed E-state index contributed by atoms with van der Waals surface area (Å²) < 4.78 is 83.0. The van der Waals surface area contributed by atoms with Crippen molar-refractivity contribution in [3.05, 3.63) is 88.8 Å². The number of fused-ring (bicyclic) bond motifs is 15. The molecule has 13 rings (SSSR count). The lowest BCUT2D eigenvalue weighted by Gasteiger charge is -2.57. The average Bonchev–Trinajstić information content (AvgIpc) is 1.44. The molecule has 7 saturated carbocycles. The van der Waals surface area contributed by atoms with E-state index in [4.69, 9.17) is 14.2 Å². The number of benzene rings is 1. The fourth-order valence-electron chi connectivity index (χ4n) is 21.1. The molecular weight excluding hydrogens is 1090 g/mol. The van der Waals surface area contributed by atoms with E-state index >= 15 is 0 Å². The Labute approximate surface area is 498 Å². The van der Waals surface area contributed by atoms with E-state index in [1.807, 2.05) is 6.92 Å². The van der Waals surface area contributed by atoms with Gasteiger partial charge >= 0.3 is 33.5 Å². The van der Waals surface area contributed by atoms with Crippen molar-refractivity contribution in [3.63, 3.8) is 0 Å². The van der Waals surface area contributed by atoms with Gasteiger partial charge in [0.05, 0.1) is 0 Å². The molecule has 7 fully saturated rings. The fraction of sp³-hybridized carbons (Fsp3) is 0.714. The highest BCUT2D eigenvalue weighted by atomic mass is 32.2. The minimum Gasteiger partial charge on any atom is -0.462 e. The minimum absolute atomic E-state index is 0.0252. The maximum absolute atomic E-state index is 12.9. The van der Waals surface area contributed by atoms with Crippen molar-refractivity contribution in [2.75, 3.05) is 0 Å². The van der Waals surface area contributed by atoms with E-state index in [1.165, 1.54) is 69.1 Å². The number of Topliss-reactive ketones (excluding diaryl/α,β-unsaturated/α-hetero) is 1. The maximum Gasteiger partial charge on any atom is 0.534 e. The van der Waals surface area contributed by atoms with Gasteiger partial charge in [0.1, 0.15) is 29.9 Å². The standard InChI is InChI=1S/C27H34O2.C22H29F3O5S.C21H30O3/c1-18(28)29-21-13-15-26(2)20(17-21)9-10-22-24-12-11-23(19-7-5-4-6-8-19)27(24,3)16-14-25(22)26;1-13(26)29-15-8-10-20(2)14(12-15)4-5-16-17-6-7-19(21(17,3)11-9-18(16)20)30-31(27,28)22(23,24)25;1-13(22)24-15-8-10-20(2)14(12-15)4-5-16-17-6-7-19(23)21(17,3)11-9-18(16)20/h4-9,11,21-22,24-25H,10,12-17H2,1-3H3;4,7,15-18H,5-6,8-12H2,1-3H3;4,15-18H,5-12H2,1-3H3/t21-,22?,24?,25?,26-,27+;2*15-,16?,17?,18?,20-,21-/m000/s1. The molecule has 0 saturated heterocycles. The molecule has 0 aromatic heterocycles. The molecular formula is C70H93F3O10S. The first-order valence-electron chi connectivity index (χ1n) is 32.1. The Morgan fingerprint density at radius 1 is 0.476 bits per heavy atom. The summed E-state index contributed by atoms with van der Waals surface area (Å²) in [5.41, 5.74) is 2.10. The molecule has 0 amide bonds. The average molecular weight is 1180 g/mol. The Balaban J connectivity index is 0.000000133. The van der Waals surface area contributed by atoms with Gasteiger partial charge in [-0.25, -0.2) is 0 Å². The third-order valence-electron chi connectivity index (χ3n) is 25.5. The summed E-state index contributed by atoms with van der Waals surface area (Å²) >= 11 is 0. The van der Waals surface area contributed by atoms with Gasteiger partial charge in [-0.2, -0.15) is 21.6 Å². The molecule has 0 spiro atoms. The van der Waals surface area contributed by atoms with Crippen LogP contribution >= 0.6 is 0 Å². The van der Waals surface area contributed by atoms with Crippen LogP contribution in [0.2, 0.25) is 0 Å². The summed E-state index contributed by atoms with van der Waals surface area (Å²) in [6.07, 6.45) is 33.1. The van der Waals surface area contributed by atoms with Crippen molar-refractivity contribution >= 4 is 39.4 Å². The number of esters is 3. The summed E-state index contributed by atoms with van der Waals surface area (Å²) in [4.78, 5) is 46.5. The quantitative estimate of drug-likeness (QED) is 0.0889. The van der Waals surface area contributed by atoms with Crippen molar-refractivity contribution in [1.29, 1.82) is 0 Å². The van der Waals surface area contributed by atoms with Crippen LogP contribution in [0.15, 0.2) is 83.2 Å². The third kappa shape index (κ3) is 10.5. The zero-order valence-corrected chi connectivity index (χ0v) is 52.2. The summed E-state index contributed by atoms with van der Waals surface area (Å²) in [6.45, 7) is 18.3. The third-order valence-corrected chi connectivity index (χ3v) is 26.5. The van der Waals surface area contributed by atoms with Gasteiger partial charge in [0, 0.05) is 57.3 Å². The number of rotatable bonds is 6. The molecule has 12 aliphatic carbocycles. The lowest BCUT2D eigenvalue weighted by molar-refractivity contribution is -0.149. The number of ether oxygens (including phenoxy) is 3. The number of carbonyl (C=O) groups is 4. The molecule has 1 aromatic rings. The second-order valence-electron chi connectivity index (χ2n) is 29.5. The van der Waals surface area contributed by atoms with Crippen LogP contribution in [0.4, 0.5) is 13.2 Å². The zero-order chi connectivity index (χ0) is 60.2. The predicted molar refractivity (Wildman–Crippen MR) is 316 cm³/mol. The van der Waals surface area contributed by atoms with E-state index in [-0.39, 0.29) is 70.1 Å². The Hall–Kier alpha value is -4.46. The molecule has 84 heavy (non-hydrogen) atoms. The number of alkyl halides is 3. The van der Waals surface area contributed by atoms with Crippen LogP contribution < -0.4 is 0 Å². The highest BCUT2D eigenvalue weighted by Gasteiger charge is 2.62. The number of allylic oxidation sites excluding steroid dienone is 7. The van der Waals surface area contributed by atoms with Crippen molar-refractivity contribution in [1.82, 2.24) is 0 Å². The van der Waals surface area contributed by atoms with Crippen molar-refractivity contribution in [3.8, 4) is 0 Å². The zero-order valence-electron chi connectivity index (χ0n) is 51.4. The molecule has 10 nitrogen and oxygen atoms in total. The van der Waals surface area contributed by atoms with Gasteiger partial charge in [0.2, 0.25) is 0 Å². The van der Waals surface area contributed by atoms with Gasteiger partial charge < -0.3 is 18.4 Å². The number of ketones is 1. The number of carbonyl (C=O) groups excluding carboxylic acids is 4.